The fourth-order valence-corrected chi connectivity index (χ4v) is 8.32. The first-order chi connectivity index (χ1) is 13.7. The molecule has 4 aliphatic carbocycles. The van der Waals surface area contributed by atoms with Crippen molar-refractivity contribution in [1.29, 1.82) is 0 Å². The van der Waals surface area contributed by atoms with Gasteiger partial charge in [0.2, 0.25) is 0 Å². The summed E-state index contributed by atoms with van der Waals surface area (Å²) >= 11 is 0. The lowest BCUT2D eigenvalue weighted by Crippen LogP contribution is -2.45. The fourth-order valence-electron chi connectivity index (χ4n) is 8.32. The Kier molecular flexibility index (Phi) is 5.86. The minimum Gasteiger partial charge on any atom is -0.393 e. The number of aliphatic hydroxyl groups excluding tert-OH is 1. The quantitative estimate of drug-likeness (QED) is 0.470. The number of hydrogen-bond donors (Lipinski definition) is 1. The van der Waals surface area contributed by atoms with E-state index in [2.05, 4.69) is 41.2 Å². The molecular weight excluding hydrogens is 352 g/mol. The number of hydrogen-bond acceptors (Lipinski definition) is 1. The van der Waals surface area contributed by atoms with E-state index < -0.39 is 0 Å². The van der Waals surface area contributed by atoms with Crippen molar-refractivity contribution in [3.8, 4) is 0 Å². The van der Waals surface area contributed by atoms with Crippen LogP contribution in [0.25, 0.3) is 0 Å². The highest BCUT2D eigenvalue weighted by molar-refractivity contribution is 5.34. The molecule has 0 amide bonds. The summed E-state index contributed by atoms with van der Waals surface area (Å²) in [5.41, 5.74) is 6.12. The van der Waals surface area contributed by atoms with Crippen molar-refractivity contribution in [1.82, 2.24) is 0 Å². The molecule has 4 aliphatic rings. The molecule has 1 heteroatoms. The molecule has 2 saturated carbocycles. The zero-order chi connectivity index (χ0) is 21.0. The molecule has 0 aromatic carbocycles. The van der Waals surface area contributed by atoms with Crippen LogP contribution in [0.15, 0.2) is 23.3 Å². The molecule has 0 spiro atoms. The zero-order valence-electron chi connectivity index (χ0n) is 19.9. The topological polar surface area (TPSA) is 20.2 Å². The van der Waals surface area contributed by atoms with Gasteiger partial charge in [-0.1, -0.05) is 57.9 Å². The van der Waals surface area contributed by atoms with E-state index in [9.17, 15) is 5.11 Å². The molecule has 0 aromatic rings. The molecule has 0 aliphatic heterocycles. The predicted molar refractivity (Wildman–Crippen MR) is 124 cm³/mol. The number of fused-ring (bicyclic) bond motifs is 4. The third kappa shape index (κ3) is 3.58. The molecule has 0 saturated heterocycles. The van der Waals surface area contributed by atoms with Gasteiger partial charge >= 0.3 is 0 Å². The van der Waals surface area contributed by atoms with E-state index in [1.807, 2.05) is 11.1 Å². The smallest absolute Gasteiger partial charge is 0.0543 e. The summed E-state index contributed by atoms with van der Waals surface area (Å²) in [7, 11) is 0. The molecule has 0 bridgehead atoms. The first-order valence-corrected chi connectivity index (χ1v) is 12.7. The third-order valence-electron chi connectivity index (χ3n) is 10.5. The van der Waals surface area contributed by atoms with Gasteiger partial charge in [0, 0.05) is 0 Å². The number of rotatable bonds is 5. The molecule has 4 rings (SSSR count). The Balaban J connectivity index is 1.53. The Morgan fingerprint density at radius 3 is 2.55 bits per heavy atom. The van der Waals surface area contributed by atoms with Gasteiger partial charge in [0.1, 0.15) is 0 Å². The summed E-state index contributed by atoms with van der Waals surface area (Å²) in [5, 5.41) is 10.2. The van der Waals surface area contributed by atoms with Crippen LogP contribution in [0, 0.1) is 40.4 Å². The van der Waals surface area contributed by atoms with Crippen LogP contribution in [0.3, 0.4) is 0 Å². The zero-order valence-corrected chi connectivity index (χ0v) is 19.9. The van der Waals surface area contributed by atoms with Crippen LogP contribution in [0.5, 0.6) is 0 Å². The monoisotopic (exact) mass is 398 g/mol. The van der Waals surface area contributed by atoms with E-state index in [0.29, 0.717) is 16.7 Å². The van der Waals surface area contributed by atoms with E-state index in [-0.39, 0.29) is 6.10 Å². The van der Waals surface area contributed by atoms with Crippen molar-refractivity contribution in [2.45, 2.75) is 111 Å². The SMILES string of the molecule is C=C(CCC(C)C1CCC2C3=C(CC[C@@]21C)[C@@]1(C)CCC(O)CC1CC3)C(C)C. The van der Waals surface area contributed by atoms with Gasteiger partial charge in [-0.2, -0.15) is 0 Å². The molecule has 7 atom stereocenters. The van der Waals surface area contributed by atoms with Crippen LogP contribution in [-0.2, 0) is 0 Å². The van der Waals surface area contributed by atoms with E-state index in [1.165, 1.54) is 63.4 Å². The second-order valence-corrected chi connectivity index (χ2v) is 12.2. The minimum absolute atomic E-state index is 0.0404. The van der Waals surface area contributed by atoms with Crippen LogP contribution < -0.4 is 0 Å². The van der Waals surface area contributed by atoms with Crippen LogP contribution in [0.2, 0.25) is 0 Å². The lowest BCUT2D eigenvalue weighted by molar-refractivity contribution is 0.0133. The van der Waals surface area contributed by atoms with Gasteiger partial charge in [-0.15, -0.1) is 0 Å². The van der Waals surface area contributed by atoms with Gasteiger partial charge in [0.15, 0.2) is 0 Å². The maximum Gasteiger partial charge on any atom is 0.0543 e. The Bertz CT molecular complexity index is 672. The highest BCUT2D eigenvalue weighted by Crippen LogP contribution is 2.66. The first kappa shape index (κ1) is 21.7. The average Bonchev–Trinajstić information content (AvgIpc) is 3.03. The van der Waals surface area contributed by atoms with Gasteiger partial charge in [-0.05, 0) is 111 Å². The van der Waals surface area contributed by atoms with Crippen molar-refractivity contribution in [3.05, 3.63) is 23.3 Å². The molecule has 1 nitrogen and oxygen atoms in total. The molecule has 2 fully saturated rings. The first-order valence-electron chi connectivity index (χ1n) is 12.7. The van der Waals surface area contributed by atoms with Crippen LogP contribution in [0.4, 0.5) is 0 Å². The summed E-state index contributed by atoms with van der Waals surface area (Å²) in [6.45, 7) is 16.7. The lowest BCUT2D eigenvalue weighted by Gasteiger charge is -2.55. The van der Waals surface area contributed by atoms with Gasteiger partial charge in [0.05, 0.1) is 6.10 Å². The normalized spacial score (nSPS) is 43.0. The molecular formula is C28H46O. The fraction of sp³-hybridized carbons (Fsp3) is 0.857. The molecule has 5 unspecified atom stereocenters. The van der Waals surface area contributed by atoms with Crippen molar-refractivity contribution in [2.75, 3.05) is 0 Å². The van der Waals surface area contributed by atoms with Crippen LogP contribution >= 0.6 is 0 Å². The van der Waals surface area contributed by atoms with Gasteiger partial charge in [-0.25, -0.2) is 0 Å². The van der Waals surface area contributed by atoms with Gasteiger partial charge < -0.3 is 5.11 Å². The second-order valence-electron chi connectivity index (χ2n) is 12.2. The van der Waals surface area contributed by atoms with Gasteiger partial charge in [-0.3, -0.25) is 0 Å². The summed E-state index contributed by atoms with van der Waals surface area (Å²) in [5.74, 6) is 3.91. The largest absolute Gasteiger partial charge is 0.393 e. The highest BCUT2D eigenvalue weighted by Gasteiger charge is 2.55. The molecule has 0 heterocycles. The summed E-state index contributed by atoms with van der Waals surface area (Å²) in [6.07, 6.45) is 14.1. The van der Waals surface area contributed by atoms with E-state index in [0.717, 1.165) is 36.5 Å². The Labute approximate surface area is 180 Å². The van der Waals surface area contributed by atoms with E-state index in [1.54, 1.807) is 0 Å². The van der Waals surface area contributed by atoms with E-state index in [4.69, 9.17) is 0 Å². The molecule has 164 valence electrons. The maximum atomic E-state index is 10.2. The van der Waals surface area contributed by atoms with Gasteiger partial charge in [0.25, 0.3) is 0 Å². The Morgan fingerprint density at radius 2 is 1.83 bits per heavy atom. The summed E-state index contributed by atoms with van der Waals surface area (Å²) in [6, 6.07) is 0. The lowest BCUT2D eigenvalue weighted by atomic mass is 9.50. The third-order valence-corrected chi connectivity index (χ3v) is 10.5. The van der Waals surface area contributed by atoms with Crippen LogP contribution in [0.1, 0.15) is 105 Å². The molecule has 1 N–H and O–H groups in total. The van der Waals surface area contributed by atoms with Crippen molar-refractivity contribution >= 4 is 0 Å². The Hall–Kier alpha value is -0.560. The molecule has 0 aromatic heterocycles. The Morgan fingerprint density at radius 1 is 1.07 bits per heavy atom. The van der Waals surface area contributed by atoms with Crippen molar-refractivity contribution < 1.29 is 5.11 Å². The molecule has 29 heavy (non-hydrogen) atoms. The number of allylic oxidation sites excluding steroid dienone is 3. The average molecular weight is 399 g/mol. The number of aliphatic hydroxyl groups is 1. The van der Waals surface area contributed by atoms with Crippen LogP contribution in [-0.4, -0.2) is 11.2 Å². The maximum absolute atomic E-state index is 10.2. The minimum atomic E-state index is -0.0404. The van der Waals surface area contributed by atoms with E-state index >= 15 is 0 Å². The molecule has 0 radical (unpaired) electrons. The predicted octanol–water partition coefficient (Wildman–Crippen LogP) is 7.70. The standard InChI is InChI=1S/C28H46O/c1-18(2)19(3)7-8-20(4)24-11-12-25-23-10-9-21-17-22(29)13-15-27(21,5)26(23)14-16-28(24,25)6/h18,20-22,24-25,29H,3,7-17H2,1-2,4-6H3/t20?,21?,22?,24?,25?,27-,28+/m0/s1. The highest BCUT2D eigenvalue weighted by atomic mass is 16.3. The van der Waals surface area contributed by atoms with Crippen molar-refractivity contribution in [2.24, 2.45) is 40.4 Å². The van der Waals surface area contributed by atoms with Crippen molar-refractivity contribution in [3.63, 3.8) is 0 Å². The second kappa shape index (κ2) is 7.85. The summed E-state index contributed by atoms with van der Waals surface area (Å²) < 4.78 is 0. The summed E-state index contributed by atoms with van der Waals surface area (Å²) in [4.78, 5) is 0.